The molecule has 0 radical (unpaired) electrons. The van der Waals surface area contributed by atoms with E-state index in [2.05, 4.69) is 25.3 Å². The molecule has 0 bridgehead atoms. The molecule has 90 valence electrons. The van der Waals surface area contributed by atoms with Crippen LogP contribution in [0.4, 0.5) is 5.82 Å². The number of hydrogen-bond donors (Lipinski definition) is 3. The zero-order valence-corrected chi connectivity index (χ0v) is 9.61. The van der Waals surface area contributed by atoms with Crippen LogP contribution in [0.25, 0.3) is 11.2 Å². The lowest BCUT2D eigenvalue weighted by molar-refractivity contribution is 0.516. The summed E-state index contributed by atoms with van der Waals surface area (Å²) in [4.78, 5) is 15.6. The summed E-state index contributed by atoms with van der Waals surface area (Å²) in [6.07, 6.45) is 6.63. The highest BCUT2D eigenvalue weighted by atomic mass is 15.1. The topological polar surface area (TPSA) is 92.5 Å². The molecule has 0 spiro atoms. The molecule has 4 N–H and O–H groups in total. The van der Waals surface area contributed by atoms with Crippen LogP contribution in [0, 0.1) is 0 Å². The van der Waals surface area contributed by atoms with Gasteiger partial charge >= 0.3 is 0 Å². The second kappa shape index (κ2) is 4.29. The Kier molecular flexibility index (Phi) is 2.64. The SMILES string of the molecule is Nc1ncnc2nc(CNC3CCCC3)[nH]c12. The Morgan fingerprint density at radius 3 is 2.94 bits per heavy atom. The molecule has 17 heavy (non-hydrogen) atoms. The number of imidazole rings is 1. The van der Waals surface area contributed by atoms with E-state index in [9.17, 15) is 0 Å². The standard InChI is InChI=1S/C11H16N6/c12-10-9-11(15-6-14-10)17-8(16-9)5-13-7-3-1-2-4-7/h6-7,13H,1-5H2,(H3,12,14,15,16,17). The van der Waals surface area contributed by atoms with Gasteiger partial charge in [-0.25, -0.2) is 15.0 Å². The minimum Gasteiger partial charge on any atom is -0.382 e. The van der Waals surface area contributed by atoms with Crippen LogP contribution in [-0.4, -0.2) is 26.0 Å². The van der Waals surface area contributed by atoms with E-state index >= 15 is 0 Å². The fourth-order valence-corrected chi connectivity index (χ4v) is 2.35. The lowest BCUT2D eigenvalue weighted by Gasteiger charge is -2.09. The third-order valence-electron chi connectivity index (χ3n) is 3.28. The van der Waals surface area contributed by atoms with Gasteiger partial charge in [-0.1, -0.05) is 12.8 Å². The van der Waals surface area contributed by atoms with E-state index in [1.165, 1.54) is 32.0 Å². The molecule has 6 heteroatoms. The number of nitrogen functional groups attached to an aromatic ring is 1. The molecule has 2 heterocycles. The Morgan fingerprint density at radius 1 is 1.35 bits per heavy atom. The maximum atomic E-state index is 5.75. The molecule has 1 saturated carbocycles. The number of fused-ring (bicyclic) bond motifs is 1. The highest BCUT2D eigenvalue weighted by molar-refractivity contribution is 5.80. The predicted octanol–water partition coefficient (Wildman–Crippen LogP) is 0.967. The van der Waals surface area contributed by atoms with Gasteiger partial charge in [0, 0.05) is 6.04 Å². The normalized spacial score (nSPS) is 16.9. The summed E-state index contributed by atoms with van der Waals surface area (Å²) in [5, 5.41) is 3.50. The van der Waals surface area contributed by atoms with Crippen molar-refractivity contribution in [1.29, 1.82) is 0 Å². The van der Waals surface area contributed by atoms with Crippen molar-refractivity contribution < 1.29 is 0 Å². The second-order valence-corrected chi connectivity index (χ2v) is 4.50. The first-order valence-electron chi connectivity index (χ1n) is 6.01. The molecule has 0 aliphatic heterocycles. The monoisotopic (exact) mass is 232 g/mol. The van der Waals surface area contributed by atoms with Crippen LogP contribution in [0.1, 0.15) is 31.5 Å². The van der Waals surface area contributed by atoms with Crippen molar-refractivity contribution in [2.75, 3.05) is 5.73 Å². The molecule has 3 rings (SSSR count). The number of nitrogens with zero attached hydrogens (tertiary/aromatic N) is 3. The number of rotatable bonds is 3. The number of nitrogens with one attached hydrogen (secondary N) is 2. The van der Waals surface area contributed by atoms with Crippen LogP contribution >= 0.6 is 0 Å². The Hall–Kier alpha value is -1.69. The van der Waals surface area contributed by atoms with Gasteiger partial charge in [0.25, 0.3) is 0 Å². The van der Waals surface area contributed by atoms with Gasteiger partial charge in [-0.3, -0.25) is 0 Å². The molecule has 0 atom stereocenters. The van der Waals surface area contributed by atoms with Crippen molar-refractivity contribution in [2.45, 2.75) is 38.3 Å². The van der Waals surface area contributed by atoms with E-state index in [0.29, 0.717) is 17.5 Å². The smallest absolute Gasteiger partial charge is 0.183 e. The third-order valence-corrected chi connectivity index (χ3v) is 3.28. The lowest BCUT2D eigenvalue weighted by atomic mass is 10.2. The van der Waals surface area contributed by atoms with Gasteiger partial charge in [0.05, 0.1) is 6.54 Å². The quantitative estimate of drug-likeness (QED) is 0.733. The number of H-pyrrole nitrogens is 1. The Labute approximate surface area is 99.1 Å². The average Bonchev–Trinajstić information content (AvgIpc) is 2.95. The first-order valence-corrected chi connectivity index (χ1v) is 6.01. The maximum Gasteiger partial charge on any atom is 0.183 e. The fraction of sp³-hybridized carbons (Fsp3) is 0.545. The minimum absolute atomic E-state index is 0.453. The van der Waals surface area contributed by atoms with Gasteiger partial charge in [0.1, 0.15) is 17.7 Å². The predicted molar refractivity (Wildman–Crippen MR) is 65.2 cm³/mol. The number of hydrogen-bond acceptors (Lipinski definition) is 5. The molecule has 0 saturated heterocycles. The number of anilines is 1. The second-order valence-electron chi connectivity index (χ2n) is 4.50. The van der Waals surface area contributed by atoms with E-state index in [1.807, 2.05) is 0 Å². The molecule has 2 aromatic heterocycles. The summed E-state index contributed by atoms with van der Waals surface area (Å²) >= 11 is 0. The molecule has 1 aliphatic carbocycles. The first-order chi connectivity index (χ1) is 8.33. The molecular formula is C11H16N6. The van der Waals surface area contributed by atoms with Crippen LogP contribution in [0.3, 0.4) is 0 Å². The third kappa shape index (κ3) is 2.08. The summed E-state index contributed by atoms with van der Waals surface area (Å²) < 4.78 is 0. The summed E-state index contributed by atoms with van der Waals surface area (Å²) in [6, 6.07) is 0.631. The van der Waals surface area contributed by atoms with E-state index in [-0.39, 0.29) is 0 Å². The summed E-state index contributed by atoms with van der Waals surface area (Å²) in [6.45, 7) is 0.737. The van der Waals surface area contributed by atoms with Crippen molar-refractivity contribution in [1.82, 2.24) is 25.3 Å². The van der Waals surface area contributed by atoms with Crippen molar-refractivity contribution in [3.05, 3.63) is 12.2 Å². The van der Waals surface area contributed by atoms with Gasteiger partial charge in [0.15, 0.2) is 11.5 Å². The largest absolute Gasteiger partial charge is 0.382 e. The first kappa shape index (κ1) is 10.5. The lowest BCUT2D eigenvalue weighted by Crippen LogP contribution is -2.25. The van der Waals surface area contributed by atoms with Gasteiger partial charge < -0.3 is 16.0 Å². The van der Waals surface area contributed by atoms with Gasteiger partial charge in [-0.05, 0) is 12.8 Å². The van der Waals surface area contributed by atoms with E-state index < -0.39 is 0 Å². The van der Waals surface area contributed by atoms with Crippen LogP contribution in [-0.2, 0) is 6.54 Å². The van der Waals surface area contributed by atoms with E-state index in [1.54, 1.807) is 0 Å². The average molecular weight is 232 g/mol. The Balaban J connectivity index is 1.74. The van der Waals surface area contributed by atoms with Crippen LogP contribution in [0.5, 0.6) is 0 Å². The van der Waals surface area contributed by atoms with Crippen LogP contribution < -0.4 is 11.1 Å². The van der Waals surface area contributed by atoms with Crippen LogP contribution in [0.15, 0.2) is 6.33 Å². The molecule has 0 aromatic carbocycles. The molecule has 0 unspecified atom stereocenters. The number of aromatic nitrogens is 4. The summed E-state index contributed by atoms with van der Waals surface area (Å²) in [5.74, 6) is 1.33. The van der Waals surface area contributed by atoms with Gasteiger partial charge in [0.2, 0.25) is 0 Å². The summed E-state index contributed by atoms with van der Waals surface area (Å²) in [7, 11) is 0. The van der Waals surface area contributed by atoms with Crippen molar-refractivity contribution in [3.63, 3.8) is 0 Å². The van der Waals surface area contributed by atoms with Gasteiger partial charge in [-0.2, -0.15) is 0 Å². The maximum absolute atomic E-state index is 5.75. The molecule has 1 aliphatic rings. The number of nitrogens with two attached hydrogens (primary N) is 1. The van der Waals surface area contributed by atoms with Crippen molar-refractivity contribution in [3.8, 4) is 0 Å². The fourth-order valence-electron chi connectivity index (χ4n) is 2.35. The van der Waals surface area contributed by atoms with Crippen molar-refractivity contribution >= 4 is 17.0 Å². The van der Waals surface area contributed by atoms with E-state index in [4.69, 9.17) is 5.73 Å². The Morgan fingerprint density at radius 2 is 2.18 bits per heavy atom. The van der Waals surface area contributed by atoms with Crippen molar-refractivity contribution in [2.24, 2.45) is 0 Å². The molecule has 2 aromatic rings. The minimum atomic E-state index is 0.453. The van der Waals surface area contributed by atoms with E-state index in [0.717, 1.165) is 17.9 Å². The summed E-state index contributed by atoms with van der Waals surface area (Å²) in [5.41, 5.74) is 7.12. The molecule has 0 amide bonds. The molecule has 6 nitrogen and oxygen atoms in total. The van der Waals surface area contributed by atoms with Crippen LogP contribution in [0.2, 0.25) is 0 Å². The molecular weight excluding hydrogens is 216 g/mol. The Bertz CT molecular complexity index is 514. The zero-order chi connectivity index (χ0) is 11.7. The molecule has 1 fully saturated rings. The highest BCUT2D eigenvalue weighted by Crippen LogP contribution is 2.18. The highest BCUT2D eigenvalue weighted by Gasteiger charge is 2.15. The van der Waals surface area contributed by atoms with Gasteiger partial charge in [-0.15, -0.1) is 0 Å². The zero-order valence-electron chi connectivity index (χ0n) is 9.61. The number of aromatic amines is 1.